The van der Waals surface area contributed by atoms with E-state index in [1.54, 1.807) is 36.0 Å². The molecule has 1 aromatic carbocycles. The Morgan fingerprint density at radius 1 is 1.43 bits per heavy atom. The highest BCUT2D eigenvalue weighted by molar-refractivity contribution is 6.31. The van der Waals surface area contributed by atoms with Crippen LogP contribution in [0.4, 0.5) is 0 Å². The van der Waals surface area contributed by atoms with Crippen LogP contribution in [0.3, 0.4) is 0 Å². The van der Waals surface area contributed by atoms with Crippen LogP contribution >= 0.6 is 11.6 Å². The minimum atomic E-state index is -1.08. The highest BCUT2D eigenvalue weighted by Gasteiger charge is 2.13. The smallest absolute Gasteiger partial charge is 0.344 e. The molecule has 1 atom stereocenters. The molecule has 1 aromatic heterocycles. The zero-order valence-corrected chi connectivity index (χ0v) is 13.3. The second-order valence-corrected chi connectivity index (χ2v) is 5.23. The van der Waals surface area contributed by atoms with Crippen molar-refractivity contribution in [3.05, 3.63) is 52.8 Å². The van der Waals surface area contributed by atoms with Gasteiger partial charge < -0.3 is 9.84 Å². The molecule has 0 bridgehead atoms. The molecule has 0 aliphatic rings. The van der Waals surface area contributed by atoms with Gasteiger partial charge in [-0.05, 0) is 31.2 Å². The molecule has 120 valence electrons. The van der Waals surface area contributed by atoms with E-state index in [0.29, 0.717) is 22.0 Å². The summed E-state index contributed by atoms with van der Waals surface area (Å²) in [6, 6.07) is 6.34. The summed E-state index contributed by atoms with van der Waals surface area (Å²) in [6.45, 7) is 1.42. The van der Waals surface area contributed by atoms with Crippen molar-refractivity contribution >= 4 is 29.4 Å². The number of carbonyl (C=O) groups excluding carboxylic acids is 1. The van der Waals surface area contributed by atoms with E-state index in [9.17, 15) is 9.59 Å². The van der Waals surface area contributed by atoms with Gasteiger partial charge in [0, 0.05) is 12.6 Å². The van der Waals surface area contributed by atoms with Gasteiger partial charge in [0.2, 0.25) is 0 Å². The quantitative estimate of drug-likeness (QED) is 0.649. The van der Waals surface area contributed by atoms with Crippen molar-refractivity contribution in [3.8, 4) is 5.75 Å². The summed E-state index contributed by atoms with van der Waals surface area (Å²) in [4.78, 5) is 23.0. The van der Waals surface area contributed by atoms with E-state index in [1.807, 2.05) is 0 Å². The van der Waals surface area contributed by atoms with E-state index in [1.165, 1.54) is 25.3 Å². The molecule has 0 fully saturated rings. The normalized spacial score (nSPS) is 12.3. The number of ketones is 1. The predicted molar refractivity (Wildman–Crippen MR) is 85.8 cm³/mol. The molecule has 1 heterocycles. The molecule has 1 unspecified atom stereocenters. The number of allylic oxidation sites excluding steroid dienone is 1. The Labute approximate surface area is 137 Å². The van der Waals surface area contributed by atoms with Gasteiger partial charge in [-0.1, -0.05) is 23.7 Å². The monoisotopic (exact) mass is 334 g/mol. The number of carboxylic acid groups (broad SMARTS) is 1. The first kappa shape index (κ1) is 16.8. The number of hydrogen-bond donors (Lipinski definition) is 1. The maximum Gasteiger partial charge on any atom is 0.344 e. The summed E-state index contributed by atoms with van der Waals surface area (Å²) < 4.78 is 6.80. The van der Waals surface area contributed by atoms with Gasteiger partial charge in [0.1, 0.15) is 5.75 Å². The van der Waals surface area contributed by atoms with Crippen molar-refractivity contribution in [1.82, 2.24) is 9.78 Å². The van der Waals surface area contributed by atoms with Gasteiger partial charge in [-0.25, -0.2) is 4.79 Å². The number of nitrogens with zero attached hydrogens (tertiary/aromatic N) is 2. The van der Waals surface area contributed by atoms with E-state index >= 15 is 0 Å². The van der Waals surface area contributed by atoms with Crippen LogP contribution in [0.1, 0.15) is 23.0 Å². The van der Waals surface area contributed by atoms with Gasteiger partial charge in [-0.3, -0.25) is 9.48 Å². The number of rotatable bonds is 6. The van der Waals surface area contributed by atoms with E-state index in [2.05, 4.69) is 5.10 Å². The third kappa shape index (κ3) is 4.20. The fourth-order valence-corrected chi connectivity index (χ4v) is 2.06. The average molecular weight is 335 g/mol. The number of carboxylic acids is 1. The molecule has 23 heavy (non-hydrogen) atoms. The van der Waals surface area contributed by atoms with Gasteiger partial charge in [-0.2, -0.15) is 5.10 Å². The maximum atomic E-state index is 12.2. The maximum absolute atomic E-state index is 12.2. The Bertz CT molecular complexity index is 748. The lowest BCUT2D eigenvalue weighted by Gasteiger charge is -2.10. The second-order valence-electron chi connectivity index (χ2n) is 4.83. The van der Waals surface area contributed by atoms with E-state index < -0.39 is 12.1 Å². The number of aromatic nitrogens is 2. The number of hydrogen-bond acceptors (Lipinski definition) is 4. The summed E-state index contributed by atoms with van der Waals surface area (Å²) in [5.41, 5.74) is 1.00. The van der Waals surface area contributed by atoms with Crippen LogP contribution in [-0.4, -0.2) is 32.7 Å². The number of aryl methyl sites for hydroxylation is 1. The largest absolute Gasteiger partial charge is 0.479 e. The van der Waals surface area contributed by atoms with E-state index in [-0.39, 0.29) is 5.78 Å². The number of ether oxygens (including phenoxy) is 1. The van der Waals surface area contributed by atoms with Crippen molar-refractivity contribution in [2.75, 3.05) is 0 Å². The Morgan fingerprint density at radius 3 is 2.78 bits per heavy atom. The number of halogens is 1. The van der Waals surface area contributed by atoms with E-state index in [4.69, 9.17) is 21.4 Å². The minimum absolute atomic E-state index is 0.254. The van der Waals surface area contributed by atoms with Gasteiger partial charge in [0.25, 0.3) is 0 Å². The topological polar surface area (TPSA) is 81.4 Å². The lowest BCUT2D eigenvalue weighted by molar-refractivity contribution is -0.144. The first-order valence-corrected chi connectivity index (χ1v) is 7.15. The minimum Gasteiger partial charge on any atom is -0.479 e. The zero-order chi connectivity index (χ0) is 17.0. The standard InChI is InChI=1S/C16H15ClN2O4/c1-10(16(21)22)23-12-5-3-4-11(8-12)15(20)7-6-14-13(17)9-18-19(14)2/h3-10H,1-2H3,(H,21,22). The number of aliphatic carboxylic acids is 1. The molecule has 2 aromatic rings. The molecule has 6 nitrogen and oxygen atoms in total. The first-order chi connectivity index (χ1) is 10.9. The van der Waals surface area contributed by atoms with Crippen molar-refractivity contribution in [3.63, 3.8) is 0 Å². The van der Waals surface area contributed by atoms with Crippen LogP contribution in [0.5, 0.6) is 5.75 Å². The molecule has 0 aliphatic heterocycles. The summed E-state index contributed by atoms with van der Waals surface area (Å²) in [6.07, 6.45) is 3.45. The van der Waals surface area contributed by atoms with Gasteiger partial charge in [0.15, 0.2) is 11.9 Å². The zero-order valence-electron chi connectivity index (χ0n) is 12.6. The van der Waals surface area contributed by atoms with Crippen LogP contribution in [0.2, 0.25) is 5.02 Å². The van der Waals surface area contributed by atoms with Gasteiger partial charge in [-0.15, -0.1) is 0 Å². The molecule has 0 spiro atoms. The Hall–Kier alpha value is -2.60. The average Bonchev–Trinajstić information content (AvgIpc) is 2.83. The second kappa shape index (κ2) is 7.11. The van der Waals surface area contributed by atoms with E-state index in [0.717, 1.165) is 0 Å². The Balaban J connectivity index is 2.15. The Kier molecular flexibility index (Phi) is 5.18. The molecule has 0 saturated heterocycles. The molecule has 0 amide bonds. The molecule has 2 rings (SSSR count). The molecule has 0 radical (unpaired) electrons. The number of benzene rings is 1. The molecule has 0 aliphatic carbocycles. The number of carbonyl (C=O) groups is 2. The van der Waals surface area contributed by atoms with Crippen molar-refractivity contribution in [2.45, 2.75) is 13.0 Å². The predicted octanol–water partition coefficient (Wildman–Crippen LogP) is 2.82. The summed E-state index contributed by atoms with van der Waals surface area (Å²) >= 11 is 5.97. The van der Waals surface area contributed by atoms with Crippen LogP contribution in [0, 0.1) is 0 Å². The summed E-state index contributed by atoms with van der Waals surface area (Å²) in [5.74, 6) is -1.01. The molecular formula is C16H15ClN2O4. The third-order valence-corrected chi connectivity index (χ3v) is 3.40. The van der Waals surface area contributed by atoms with Crippen LogP contribution in [0.25, 0.3) is 6.08 Å². The van der Waals surface area contributed by atoms with Crippen LogP contribution < -0.4 is 4.74 Å². The SMILES string of the molecule is CC(Oc1cccc(C(=O)C=Cc2c(Cl)cnn2C)c1)C(=O)O. The third-order valence-electron chi connectivity index (χ3n) is 3.11. The molecule has 1 N–H and O–H groups in total. The van der Waals surface area contributed by atoms with Crippen LogP contribution in [0.15, 0.2) is 36.5 Å². The van der Waals surface area contributed by atoms with Crippen molar-refractivity contribution < 1.29 is 19.4 Å². The summed E-state index contributed by atoms with van der Waals surface area (Å²) in [7, 11) is 1.72. The fraction of sp³-hybridized carbons (Fsp3) is 0.188. The van der Waals surface area contributed by atoms with Crippen molar-refractivity contribution in [1.29, 1.82) is 0 Å². The van der Waals surface area contributed by atoms with Gasteiger partial charge >= 0.3 is 5.97 Å². The molecular weight excluding hydrogens is 320 g/mol. The molecule has 7 heteroatoms. The first-order valence-electron chi connectivity index (χ1n) is 6.78. The Morgan fingerprint density at radius 2 is 2.17 bits per heavy atom. The van der Waals surface area contributed by atoms with Crippen LogP contribution in [-0.2, 0) is 11.8 Å². The molecule has 0 saturated carbocycles. The lowest BCUT2D eigenvalue weighted by Crippen LogP contribution is -2.22. The van der Waals surface area contributed by atoms with Gasteiger partial charge in [0.05, 0.1) is 16.9 Å². The summed E-state index contributed by atoms with van der Waals surface area (Å²) in [5, 5.41) is 13.3. The van der Waals surface area contributed by atoms with Crippen molar-refractivity contribution in [2.24, 2.45) is 7.05 Å². The highest BCUT2D eigenvalue weighted by atomic mass is 35.5. The fourth-order valence-electron chi connectivity index (χ4n) is 1.84. The highest BCUT2D eigenvalue weighted by Crippen LogP contribution is 2.18. The lowest BCUT2D eigenvalue weighted by atomic mass is 10.1.